The number of aromatic nitrogens is 2. The Morgan fingerprint density at radius 3 is 2.52 bits per heavy atom. The molecule has 9 heteroatoms. The number of para-hydroxylation sites is 2. The van der Waals surface area contributed by atoms with Crippen molar-refractivity contribution in [1.82, 2.24) is 24.9 Å². The summed E-state index contributed by atoms with van der Waals surface area (Å²) >= 11 is 0. The summed E-state index contributed by atoms with van der Waals surface area (Å²) in [6.45, 7) is 4.13. The van der Waals surface area contributed by atoms with Gasteiger partial charge < -0.3 is 15.2 Å². The monoisotopic (exact) mass is 442 g/mol. The van der Waals surface area contributed by atoms with E-state index in [1.807, 2.05) is 55.5 Å². The van der Waals surface area contributed by atoms with Crippen molar-refractivity contribution in [3.8, 4) is 0 Å². The molecule has 3 N–H and O–H groups in total. The number of fused-ring (bicyclic) bond motifs is 1. The van der Waals surface area contributed by atoms with Crippen molar-refractivity contribution in [2.45, 2.75) is 26.4 Å². The molecule has 3 rings (SSSR count). The van der Waals surface area contributed by atoms with E-state index < -0.39 is 10.0 Å². The van der Waals surface area contributed by atoms with E-state index >= 15 is 0 Å². The number of nitrogens with one attached hydrogen (secondary N) is 3. The first-order chi connectivity index (χ1) is 15.0. The maximum atomic E-state index is 12.2. The summed E-state index contributed by atoms with van der Waals surface area (Å²) < 4.78 is 29.2. The van der Waals surface area contributed by atoms with Crippen molar-refractivity contribution in [1.29, 1.82) is 0 Å². The third-order valence-electron chi connectivity index (χ3n) is 4.92. The minimum atomic E-state index is -3.37. The van der Waals surface area contributed by atoms with Gasteiger partial charge in [0.15, 0.2) is 5.96 Å². The molecule has 0 saturated heterocycles. The molecule has 3 aromatic rings. The smallest absolute Gasteiger partial charge is 0.213 e. The van der Waals surface area contributed by atoms with E-state index in [-0.39, 0.29) is 12.3 Å². The lowest BCUT2D eigenvalue weighted by atomic mass is 10.2. The summed E-state index contributed by atoms with van der Waals surface area (Å²) in [5.74, 6) is 1.56. The number of aryl methyl sites for hydroxylation is 2. The fourth-order valence-corrected chi connectivity index (χ4v) is 4.21. The maximum Gasteiger partial charge on any atom is 0.213 e. The number of benzene rings is 2. The van der Waals surface area contributed by atoms with Crippen LogP contribution in [0.1, 0.15) is 17.8 Å². The molecule has 2 aromatic carbocycles. The van der Waals surface area contributed by atoms with Gasteiger partial charge in [-0.05, 0) is 31.0 Å². The summed E-state index contributed by atoms with van der Waals surface area (Å²) in [5.41, 5.74) is 3.07. The summed E-state index contributed by atoms with van der Waals surface area (Å²) in [7, 11) is -1.70. The number of nitrogens with zero attached hydrogens (tertiary/aromatic N) is 3. The third-order valence-corrected chi connectivity index (χ3v) is 6.25. The largest absolute Gasteiger partial charge is 0.356 e. The third kappa shape index (κ3) is 6.80. The van der Waals surface area contributed by atoms with Crippen LogP contribution in [0.15, 0.2) is 59.6 Å². The van der Waals surface area contributed by atoms with E-state index in [1.165, 1.54) is 0 Å². The van der Waals surface area contributed by atoms with Gasteiger partial charge in [0, 0.05) is 33.2 Å². The van der Waals surface area contributed by atoms with Crippen LogP contribution in [0.2, 0.25) is 0 Å². The van der Waals surface area contributed by atoms with Crippen LogP contribution in [0.25, 0.3) is 11.0 Å². The van der Waals surface area contributed by atoms with Gasteiger partial charge >= 0.3 is 0 Å². The molecule has 0 bridgehead atoms. The van der Waals surface area contributed by atoms with Gasteiger partial charge in [-0.25, -0.2) is 18.1 Å². The second kappa shape index (κ2) is 10.9. The number of rotatable bonds is 10. The average Bonchev–Trinajstić information content (AvgIpc) is 3.09. The highest BCUT2D eigenvalue weighted by Crippen LogP contribution is 2.15. The van der Waals surface area contributed by atoms with Crippen molar-refractivity contribution in [2.24, 2.45) is 4.99 Å². The van der Waals surface area contributed by atoms with Crippen LogP contribution < -0.4 is 15.4 Å². The number of hydrogen-bond donors (Lipinski definition) is 3. The topological polar surface area (TPSA) is 100 Å². The molecule has 0 aliphatic heterocycles. The predicted octanol–water partition coefficient (Wildman–Crippen LogP) is 2.02. The van der Waals surface area contributed by atoms with Crippen LogP contribution in [-0.2, 0) is 23.1 Å². The zero-order valence-electron chi connectivity index (χ0n) is 18.0. The van der Waals surface area contributed by atoms with Crippen molar-refractivity contribution in [3.63, 3.8) is 0 Å². The van der Waals surface area contributed by atoms with Crippen molar-refractivity contribution >= 4 is 27.0 Å². The fraction of sp³-hybridized carbons (Fsp3) is 0.364. The molecule has 0 saturated carbocycles. The van der Waals surface area contributed by atoms with E-state index in [1.54, 1.807) is 7.05 Å². The average molecular weight is 443 g/mol. The van der Waals surface area contributed by atoms with Gasteiger partial charge in [0.25, 0.3) is 0 Å². The molecular formula is C22H30N6O2S. The number of aliphatic imine (C=N–C) groups is 1. The van der Waals surface area contributed by atoms with E-state index in [9.17, 15) is 8.42 Å². The van der Waals surface area contributed by atoms with Crippen molar-refractivity contribution in [2.75, 3.05) is 25.9 Å². The first-order valence-electron chi connectivity index (χ1n) is 10.4. The van der Waals surface area contributed by atoms with E-state index in [0.29, 0.717) is 19.0 Å². The Balaban J connectivity index is 1.38. The predicted molar refractivity (Wildman–Crippen MR) is 126 cm³/mol. The Hall–Kier alpha value is -2.91. The van der Waals surface area contributed by atoms with Gasteiger partial charge in [-0.15, -0.1) is 0 Å². The van der Waals surface area contributed by atoms with Gasteiger partial charge in [0.05, 0.1) is 16.8 Å². The summed E-state index contributed by atoms with van der Waals surface area (Å²) in [6.07, 6.45) is 0.888. The van der Waals surface area contributed by atoms with Crippen LogP contribution in [-0.4, -0.2) is 49.8 Å². The van der Waals surface area contributed by atoms with Gasteiger partial charge in [-0.1, -0.05) is 42.5 Å². The normalized spacial score (nSPS) is 12.3. The summed E-state index contributed by atoms with van der Waals surface area (Å²) in [4.78, 5) is 8.75. The highest BCUT2D eigenvalue weighted by Gasteiger charge is 2.10. The Morgan fingerprint density at radius 2 is 1.74 bits per heavy atom. The molecule has 0 amide bonds. The number of sulfonamides is 1. The maximum absolute atomic E-state index is 12.2. The molecule has 1 heterocycles. The lowest BCUT2D eigenvalue weighted by Crippen LogP contribution is -2.41. The summed E-state index contributed by atoms with van der Waals surface area (Å²) in [5, 5.41) is 6.29. The van der Waals surface area contributed by atoms with Crippen molar-refractivity contribution < 1.29 is 8.42 Å². The van der Waals surface area contributed by atoms with E-state index in [4.69, 9.17) is 0 Å². The molecule has 166 valence electrons. The lowest BCUT2D eigenvalue weighted by molar-refractivity contribution is 0.579. The fourth-order valence-electron chi connectivity index (χ4n) is 3.31. The van der Waals surface area contributed by atoms with Gasteiger partial charge in [-0.2, -0.15) is 0 Å². The molecule has 0 aliphatic carbocycles. The van der Waals surface area contributed by atoms with Gasteiger partial charge in [-0.3, -0.25) is 4.99 Å². The van der Waals surface area contributed by atoms with Crippen LogP contribution in [0, 0.1) is 6.92 Å². The zero-order valence-corrected chi connectivity index (χ0v) is 18.8. The van der Waals surface area contributed by atoms with Crippen LogP contribution in [0.4, 0.5) is 0 Å². The Kier molecular flexibility index (Phi) is 8.02. The van der Waals surface area contributed by atoms with Gasteiger partial charge in [0.1, 0.15) is 5.82 Å². The lowest BCUT2D eigenvalue weighted by Gasteiger charge is -2.13. The van der Waals surface area contributed by atoms with Crippen LogP contribution in [0.5, 0.6) is 0 Å². The standard InChI is InChI=1S/C22H30N6O2S/c1-18-27-20-11-6-7-12-21(20)28(18)15-8-13-24-22(23-2)25-14-16-31(29,30)26-17-19-9-4-3-5-10-19/h3-7,9-12,26H,8,13-17H2,1-2H3,(H2,23,24,25). The molecule has 31 heavy (non-hydrogen) atoms. The highest BCUT2D eigenvalue weighted by molar-refractivity contribution is 7.89. The molecule has 8 nitrogen and oxygen atoms in total. The Labute approximate surface area is 183 Å². The minimum absolute atomic E-state index is 0.0270. The number of guanidine groups is 1. The Bertz CT molecular complexity index is 1110. The first kappa shape index (κ1) is 22.8. The first-order valence-corrected chi connectivity index (χ1v) is 12.0. The van der Waals surface area contributed by atoms with Gasteiger partial charge in [0.2, 0.25) is 10.0 Å². The SMILES string of the molecule is CN=C(NCCCn1c(C)nc2ccccc21)NCCS(=O)(=O)NCc1ccccc1. The molecular weight excluding hydrogens is 412 g/mol. The van der Waals surface area contributed by atoms with Crippen molar-refractivity contribution in [3.05, 3.63) is 66.0 Å². The molecule has 0 unspecified atom stereocenters. The highest BCUT2D eigenvalue weighted by atomic mass is 32.2. The minimum Gasteiger partial charge on any atom is -0.356 e. The molecule has 0 fully saturated rings. The summed E-state index contributed by atoms with van der Waals surface area (Å²) in [6, 6.07) is 17.6. The van der Waals surface area contributed by atoms with E-state index in [0.717, 1.165) is 35.4 Å². The quantitative estimate of drug-likeness (QED) is 0.253. The second-order valence-electron chi connectivity index (χ2n) is 7.20. The molecule has 0 aliphatic rings. The molecule has 0 radical (unpaired) electrons. The molecule has 1 aromatic heterocycles. The molecule has 0 spiro atoms. The number of imidazole rings is 1. The zero-order chi connectivity index (χ0) is 22.1. The number of hydrogen-bond acceptors (Lipinski definition) is 4. The molecule has 0 atom stereocenters. The van der Waals surface area contributed by atoms with Crippen LogP contribution >= 0.6 is 0 Å². The second-order valence-corrected chi connectivity index (χ2v) is 9.13. The van der Waals surface area contributed by atoms with Crippen LogP contribution in [0.3, 0.4) is 0 Å². The van der Waals surface area contributed by atoms with E-state index in [2.05, 4.69) is 36.0 Å². The Morgan fingerprint density at radius 1 is 1.03 bits per heavy atom.